The number of carboxylic acids is 1. The minimum Gasteiger partial charge on any atom is -0.482 e. The quantitative estimate of drug-likeness (QED) is 0.763. The molecule has 5 nitrogen and oxygen atoms in total. The maximum absolute atomic E-state index is 12.2. The Morgan fingerprint density at radius 2 is 2.10 bits per heavy atom. The minimum atomic E-state index is -1.04. The maximum Gasteiger partial charge on any atom is 0.335 e. The Balaban J connectivity index is 2.18. The predicted molar refractivity (Wildman–Crippen MR) is 81.1 cm³/mol. The zero-order valence-electron chi connectivity index (χ0n) is 11.4. The normalized spacial score (nSPS) is 22.4. The molecule has 2 aliphatic rings. The minimum absolute atomic E-state index is 0.128. The summed E-state index contributed by atoms with van der Waals surface area (Å²) < 4.78 is 6.63. The zero-order valence-corrected chi connectivity index (χ0v) is 12.9. The number of aromatic carboxylic acids is 1. The van der Waals surface area contributed by atoms with E-state index in [0.717, 1.165) is 4.48 Å². The third-order valence-electron chi connectivity index (χ3n) is 3.46. The molecule has 0 aliphatic carbocycles. The number of hydrogen-bond donors (Lipinski definition) is 2. The van der Waals surface area contributed by atoms with Crippen LogP contribution < -0.4 is 5.32 Å². The fraction of sp³-hybridized carbons (Fsp3) is 0.200. The van der Waals surface area contributed by atoms with E-state index in [1.165, 1.54) is 12.1 Å². The number of carbonyl (C=O) groups is 2. The van der Waals surface area contributed by atoms with E-state index in [-0.39, 0.29) is 11.5 Å². The first-order valence-corrected chi connectivity index (χ1v) is 7.09. The van der Waals surface area contributed by atoms with Crippen molar-refractivity contribution < 1.29 is 19.4 Å². The van der Waals surface area contributed by atoms with Crippen molar-refractivity contribution in [2.75, 3.05) is 5.32 Å². The van der Waals surface area contributed by atoms with Gasteiger partial charge >= 0.3 is 5.97 Å². The van der Waals surface area contributed by atoms with Gasteiger partial charge in [-0.25, -0.2) is 4.79 Å². The fourth-order valence-electron chi connectivity index (χ4n) is 2.31. The van der Waals surface area contributed by atoms with Crippen LogP contribution in [-0.2, 0) is 9.53 Å². The summed E-state index contributed by atoms with van der Waals surface area (Å²) in [6.07, 6.45) is 1.75. The third kappa shape index (κ3) is 2.15. The van der Waals surface area contributed by atoms with Gasteiger partial charge in [-0.3, -0.25) is 4.79 Å². The second kappa shape index (κ2) is 4.46. The van der Waals surface area contributed by atoms with Crippen LogP contribution in [0.4, 0.5) is 5.69 Å². The van der Waals surface area contributed by atoms with Gasteiger partial charge in [0.15, 0.2) is 0 Å². The summed E-state index contributed by atoms with van der Waals surface area (Å²) >= 11 is 3.42. The molecule has 3 rings (SSSR count). The molecule has 0 saturated heterocycles. The average molecular weight is 350 g/mol. The highest BCUT2D eigenvalue weighted by molar-refractivity contribution is 9.11. The fourth-order valence-corrected chi connectivity index (χ4v) is 2.60. The van der Waals surface area contributed by atoms with E-state index in [0.29, 0.717) is 22.6 Å². The average Bonchev–Trinajstić information content (AvgIpc) is 2.84. The molecule has 0 unspecified atom stereocenters. The monoisotopic (exact) mass is 349 g/mol. The van der Waals surface area contributed by atoms with Gasteiger partial charge in [-0.1, -0.05) is 15.9 Å². The van der Waals surface area contributed by atoms with Crippen LogP contribution in [0, 0.1) is 0 Å². The van der Waals surface area contributed by atoms with Gasteiger partial charge in [0.05, 0.1) is 11.1 Å². The number of anilines is 1. The van der Waals surface area contributed by atoms with E-state index in [1.807, 2.05) is 13.8 Å². The molecule has 0 atom stereocenters. The molecule has 21 heavy (non-hydrogen) atoms. The number of carboxylic acid groups (broad SMARTS) is 1. The Morgan fingerprint density at radius 1 is 1.38 bits per heavy atom. The summed E-state index contributed by atoms with van der Waals surface area (Å²) in [5.41, 5.74) is 1.07. The highest BCUT2D eigenvalue weighted by Crippen LogP contribution is 2.42. The summed E-state index contributed by atoms with van der Waals surface area (Å²) in [5.74, 6) is -0.895. The van der Waals surface area contributed by atoms with Gasteiger partial charge in [0, 0.05) is 15.7 Å². The van der Waals surface area contributed by atoms with Gasteiger partial charge in [0.25, 0.3) is 5.91 Å². The van der Waals surface area contributed by atoms with E-state index in [2.05, 4.69) is 21.2 Å². The SMILES string of the molecule is CC1(C)O/C(=C2/C(=O)Nc3ccc(C(=O)O)cc32)C=C1Br. The molecule has 6 heteroatoms. The van der Waals surface area contributed by atoms with Crippen LogP contribution in [0.1, 0.15) is 29.8 Å². The van der Waals surface area contributed by atoms with Crippen LogP contribution in [0.25, 0.3) is 5.57 Å². The lowest BCUT2D eigenvalue weighted by atomic mass is 10.0. The van der Waals surface area contributed by atoms with Gasteiger partial charge in [0.2, 0.25) is 0 Å². The second-order valence-electron chi connectivity index (χ2n) is 5.36. The molecule has 1 aromatic rings. The van der Waals surface area contributed by atoms with E-state index in [1.54, 1.807) is 12.1 Å². The zero-order chi connectivity index (χ0) is 15.4. The number of carbonyl (C=O) groups excluding carboxylic acids is 1. The van der Waals surface area contributed by atoms with Gasteiger partial charge in [-0.2, -0.15) is 0 Å². The second-order valence-corrected chi connectivity index (χ2v) is 6.22. The van der Waals surface area contributed by atoms with Crippen molar-refractivity contribution >= 4 is 39.1 Å². The van der Waals surface area contributed by atoms with E-state index < -0.39 is 11.6 Å². The lowest BCUT2D eigenvalue weighted by molar-refractivity contribution is -0.111. The number of rotatable bonds is 1. The van der Waals surface area contributed by atoms with Gasteiger partial charge < -0.3 is 15.2 Å². The molecule has 0 saturated carbocycles. The number of nitrogens with one attached hydrogen (secondary N) is 1. The van der Waals surface area contributed by atoms with Crippen LogP contribution >= 0.6 is 15.9 Å². The smallest absolute Gasteiger partial charge is 0.335 e. The number of hydrogen-bond acceptors (Lipinski definition) is 3. The molecule has 2 heterocycles. The molecule has 0 aromatic heterocycles. The summed E-state index contributed by atoms with van der Waals surface area (Å²) in [6.45, 7) is 3.76. The number of allylic oxidation sites excluding steroid dienone is 1. The summed E-state index contributed by atoms with van der Waals surface area (Å²) in [6, 6.07) is 4.53. The van der Waals surface area contributed by atoms with Crippen molar-refractivity contribution in [3.05, 3.63) is 45.6 Å². The molecular formula is C15H12BrNO4. The van der Waals surface area contributed by atoms with Crippen LogP contribution in [0.15, 0.2) is 34.5 Å². The molecule has 0 spiro atoms. The molecule has 1 aromatic carbocycles. The number of benzene rings is 1. The van der Waals surface area contributed by atoms with Crippen molar-refractivity contribution in [2.24, 2.45) is 0 Å². The molecule has 2 N–H and O–H groups in total. The van der Waals surface area contributed by atoms with Crippen molar-refractivity contribution in [2.45, 2.75) is 19.4 Å². The molecule has 0 fully saturated rings. The van der Waals surface area contributed by atoms with E-state index in [4.69, 9.17) is 9.84 Å². The number of fused-ring (bicyclic) bond motifs is 1. The summed E-state index contributed by atoms with van der Waals surface area (Å²) in [7, 11) is 0. The van der Waals surface area contributed by atoms with Crippen molar-refractivity contribution in [3.8, 4) is 0 Å². The number of amides is 1. The number of ether oxygens (including phenoxy) is 1. The predicted octanol–water partition coefficient (Wildman–Crippen LogP) is 3.14. The standard InChI is InChI=1S/C15H12BrNO4/c1-15(2)11(16)6-10(21-15)12-8-5-7(14(19)20)3-4-9(8)17-13(12)18/h3-6H,1-2H3,(H,17,18)(H,19,20)/b12-10+. The largest absolute Gasteiger partial charge is 0.482 e. The van der Waals surface area contributed by atoms with E-state index in [9.17, 15) is 9.59 Å². The van der Waals surface area contributed by atoms with Crippen molar-refractivity contribution in [1.29, 1.82) is 0 Å². The molecule has 0 radical (unpaired) electrons. The first-order chi connectivity index (χ1) is 9.79. The molecule has 0 bridgehead atoms. The highest BCUT2D eigenvalue weighted by Gasteiger charge is 2.36. The van der Waals surface area contributed by atoms with Crippen LogP contribution in [0.2, 0.25) is 0 Å². The van der Waals surface area contributed by atoms with Crippen LogP contribution in [0.3, 0.4) is 0 Å². The molecular weight excluding hydrogens is 338 g/mol. The lowest BCUT2D eigenvalue weighted by Gasteiger charge is -2.20. The molecule has 108 valence electrons. The maximum atomic E-state index is 12.2. The first-order valence-electron chi connectivity index (χ1n) is 6.29. The van der Waals surface area contributed by atoms with Gasteiger partial charge in [0.1, 0.15) is 11.4 Å². The highest BCUT2D eigenvalue weighted by atomic mass is 79.9. The number of halogens is 1. The third-order valence-corrected chi connectivity index (χ3v) is 4.64. The van der Waals surface area contributed by atoms with Gasteiger partial charge in [-0.05, 0) is 38.1 Å². The van der Waals surface area contributed by atoms with Gasteiger partial charge in [-0.15, -0.1) is 0 Å². The molecule has 1 amide bonds. The first kappa shape index (κ1) is 13.9. The lowest BCUT2D eigenvalue weighted by Crippen LogP contribution is -2.19. The molecule has 2 aliphatic heterocycles. The Labute approximate surface area is 129 Å². The van der Waals surface area contributed by atoms with E-state index >= 15 is 0 Å². The Bertz CT molecular complexity index is 746. The Morgan fingerprint density at radius 3 is 2.67 bits per heavy atom. The van der Waals surface area contributed by atoms with Crippen molar-refractivity contribution in [3.63, 3.8) is 0 Å². The Hall–Kier alpha value is -2.08. The topological polar surface area (TPSA) is 75.6 Å². The van der Waals surface area contributed by atoms with Crippen LogP contribution in [-0.4, -0.2) is 22.6 Å². The summed E-state index contributed by atoms with van der Waals surface area (Å²) in [5, 5.41) is 11.8. The summed E-state index contributed by atoms with van der Waals surface area (Å²) in [4.78, 5) is 23.3. The van der Waals surface area contributed by atoms with Crippen molar-refractivity contribution in [1.82, 2.24) is 0 Å². The Kier molecular flexibility index (Phi) is 2.95. The van der Waals surface area contributed by atoms with Crippen LogP contribution in [0.5, 0.6) is 0 Å².